The van der Waals surface area contributed by atoms with Crippen molar-refractivity contribution in [2.24, 2.45) is 5.73 Å². The number of rotatable bonds is 2. The minimum Gasteiger partial charge on any atom is -0.324 e. The first-order valence-corrected chi connectivity index (χ1v) is 8.46. The summed E-state index contributed by atoms with van der Waals surface area (Å²) >= 11 is 0. The fourth-order valence-corrected chi connectivity index (χ4v) is 4.71. The number of nitrogens with two attached hydrogens (primary N) is 1. The van der Waals surface area contributed by atoms with E-state index in [-0.39, 0.29) is 11.6 Å². The Hall–Kier alpha value is -0.130. The van der Waals surface area contributed by atoms with Crippen LogP contribution >= 0.6 is 0 Å². The van der Waals surface area contributed by atoms with Crippen LogP contribution in [-0.2, 0) is 9.84 Å². The highest BCUT2D eigenvalue weighted by molar-refractivity contribution is 7.91. The molecular weight excluding hydrogens is 236 g/mol. The van der Waals surface area contributed by atoms with Gasteiger partial charge in [-0.2, -0.15) is 0 Å². The monoisotopic (exact) mass is 260 g/mol. The van der Waals surface area contributed by atoms with Gasteiger partial charge in [-0.05, 0) is 19.8 Å². The largest absolute Gasteiger partial charge is 0.324 e. The molecule has 1 aliphatic heterocycles. The minimum absolute atomic E-state index is 0.0758. The molecule has 1 unspecified atom stereocenters. The summed E-state index contributed by atoms with van der Waals surface area (Å²) < 4.78 is 23.0. The molecule has 0 aromatic rings. The van der Waals surface area contributed by atoms with Gasteiger partial charge in [-0.1, -0.05) is 19.3 Å². The summed E-state index contributed by atoms with van der Waals surface area (Å²) in [6.45, 7) is 3.52. The van der Waals surface area contributed by atoms with Crippen LogP contribution in [0.5, 0.6) is 0 Å². The second-order valence-electron chi connectivity index (χ2n) is 5.86. The summed E-state index contributed by atoms with van der Waals surface area (Å²) in [7, 11) is -2.81. The maximum absolute atomic E-state index is 11.5. The molecule has 0 bridgehead atoms. The molecule has 2 aliphatic rings. The predicted molar refractivity (Wildman–Crippen MR) is 69.7 cm³/mol. The molecule has 17 heavy (non-hydrogen) atoms. The Bertz CT molecular complexity index is 361. The van der Waals surface area contributed by atoms with Crippen molar-refractivity contribution in [2.45, 2.75) is 50.6 Å². The molecule has 0 radical (unpaired) electrons. The SMILES string of the molecule is CC1CS(=O)(=O)CCN1CC1(N)CCCCC1. The lowest BCUT2D eigenvalue weighted by Crippen LogP contribution is -2.57. The van der Waals surface area contributed by atoms with Crippen molar-refractivity contribution in [3.05, 3.63) is 0 Å². The third kappa shape index (κ3) is 3.42. The van der Waals surface area contributed by atoms with Crippen LogP contribution in [0.2, 0.25) is 0 Å². The maximum Gasteiger partial charge on any atom is 0.153 e. The van der Waals surface area contributed by atoms with Crippen LogP contribution in [0.25, 0.3) is 0 Å². The molecule has 2 fully saturated rings. The predicted octanol–water partition coefficient (Wildman–Crippen LogP) is 0.767. The van der Waals surface area contributed by atoms with Gasteiger partial charge < -0.3 is 5.73 Å². The first-order chi connectivity index (χ1) is 7.90. The van der Waals surface area contributed by atoms with Crippen LogP contribution in [0.3, 0.4) is 0 Å². The van der Waals surface area contributed by atoms with E-state index in [1.54, 1.807) is 0 Å². The van der Waals surface area contributed by atoms with E-state index in [4.69, 9.17) is 5.73 Å². The fraction of sp³-hybridized carbons (Fsp3) is 1.00. The number of nitrogens with zero attached hydrogens (tertiary/aromatic N) is 1. The van der Waals surface area contributed by atoms with Crippen LogP contribution < -0.4 is 5.73 Å². The standard InChI is InChI=1S/C12H24N2O2S/c1-11-9-17(15,16)8-7-14(11)10-12(13)5-3-2-4-6-12/h11H,2-10,13H2,1H3. The second-order valence-corrected chi connectivity index (χ2v) is 8.09. The van der Waals surface area contributed by atoms with E-state index in [0.717, 1.165) is 19.4 Å². The van der Waals surface area contributed by atoms with Crippen LogP contribution in [0.15, 0.2) is 0 Å². The van der Waals surface area contributed by atoms with E-state index < -0.39 is 9.84 Å². The summed E-state index contributed by atoms with van der Waals surface area (Å²) in [5.41, 5.74) is 6.35. The summed E-state index contributed by atoms with van der Waals surface area (Å²) in [5, 5.41) is 0. The normalized spacial score (nSPS) is 33.4. The smallest absolute Gasteiger partial charge is 0.153 e. The molecule has 0 amide bonds. The van der Waals surface area contributed by atoms with Crippen molar-refractivity contribution in [3.63, 3.8) is 0 Å². The van der Waals surface area contributed by atoms with E-state index in [2.05, 4.69) is 4.90 Å². The van der Waals surface area contributed by atoms with Crippen LogP contribution in [0, 0.1) is 0 Å². The Balaban J connectivity index is 1.95. The summed E-state index contributed by atoms with van der Waals surface area (Å²) in [6, 6.07) is 0.121. The lowest BCUT2D eigenvalue weighted by Gasteiger charge is -2.42. The summed E-state index contributed by atoms with van der Waals surface area (Å²) in [6.07, 6.45) is 5.91. The summed E-state index contributed by atoms with van der Waals surface area (Å²) in [4.78, 5) is 2.27. The minimum atomic E-state index is -2.81. The molecule has 5 heteroatoms. The van der Waals surface area contributed by atoms with Gasteiger partial charge in [0.1, 0.15) is 0 Å². The average molecular weight is 260 g/mol. The van der Waals surface area contributed by atoms with Gasteiger partial charge in [0.15, 0.2) is 9.84 Å². The van der Waals surface area contributed by atoms with E-state index in [0.29, 0.717) is 18.1 Å². The Labute approximate surface area is 104 Å². The highest BCUT2D eigenvalue weighted by atomic mass is 32.2. The lowest BCUT2D eigenvalue weighted by atomic mass is 9.82. The zero-order valence-corrected chi connectivity index (χ0v) is 11.5. The Kier molecular flexibility index (Phi) is 3.80. The van der Waals surface area contributed by atoms with Gasteiger partial charge in [0, 0.05) is 24.7 Å². The molecule has 1 saturated carbocycles. The third-order valence-electron chi connectivity index (χ3n) is 4.18. The van der Waals surface area contributed by atoms with Gasteiger partial charge in [-0.15, -0.1) is 0 Å². The van der Waals surface area contributed by atoms with Crippen molar-refractivity contribution >= 4 is 9.84 Å². The van der Waals surface area contributed by atoms with Gasteiger partial charge >= 0.3 is 0 Å². The van der Waals surface area contributed by atoms with Crippen molar-refractivity contribution in [1.29, 1.82) is 0 Å². The van der Waals surface area contributed by atoms with E-state index in [1.165, 1.54) is 19.3 Å². The highest BCUT2D eigenvalue weighted by Crippen LogP contribution is 2.28. The van der Waals surface area contributed by atoms with E-state index in [1.807, 2.05) is 6.92 Å². The van der Waals surface area contributed by atoms with Crippen LogP contribution in [-0.4, -0.2) is 49.5 Å². The molecule has 4 nitrogen and oxygen atoms in total. The molecule has 100 valence electrons. The second kappa shape index (κ2) is 4.86. The zero-order chi connectivity index (χ0) is 12.5. The van der Waals surface area contributed by atoms with Crippen LogP contribution in [0.1, 0.15) is 39.0 Å². The highest BCUT2D eigenvalue weighted by Gasteiger charge is 2.35. The lowest BCUT2D eigenvalue weighted by molar-refractivity contribution is 0.146. The maximum atomic E-state index is 11.5. The molecule has 1 saturated heterocycles. The molecule has 2 rings (SSSR count). The topological polar surface area (TPSA) is 63.4 Å². The van der Waals surface area contributed by atoms with Gasteiger partial charge in [0.25, 0.3) is 0 Å². The van der Waals surface area contributed by atoms with Crippen molar-refractivity contribution in [2.75, 3.05) is 24.6 Å². The molecular formula is C12H24N2O2S. The third-order valence-corrected chi connectivity index (χ3v) is 5.97. The Morgan fingerprint density at radius 1 is 1.29 bits per heavy atom. The molecule has 1 atom stereocenters. The Morgan fingerprint density at radius 2 is 1.94 bits per heavy atom. The van der Waals surface area contributed by atoms with Gasteiger partial charge in [0.2, 0.25) is 0 Å². The number of hydrogen-bond donors (Lipinski definition) is 1. The van der Waals surface area contributed by atoms with E-state index >= 15 is 0 Å². The molecule has 0 aromatic heterocycles. The van der Waals surface area contributed by atoms with Gasteiger partial charge in [-0.25, -0.2) is 8.42 Å². The van der Waals surface area contributed by atoms with Crippen molar-refractivity contribution in [1.82, 2.24) is 4.90 Å². The molecule has 0 spiro atoms. The molecule has 2 N–H and O–H groups in total. The summed E-state index contributed by atoms with van der Waals surface area (Å²) in [5.74, 6) is 0.594. The first kappa shape index (κ1) is 13.3. The first-order valence-electron chi connectivity index (χ1n) is 6.64. The average Bonchev–Trinajstić information content (AvgIpc) is 2.23. The molecule has 1 aliphatic carbocycles. The molecule has 1 heterocycles. The quantitative estimate of drug-likeness (QED) is 0.796. The fourth-order valence-electron chi connectivity index (χ4n) is 3.09. The number of sulfone groups is 1. The van der Waals surface area contributed by atoms with Gasteiger partial charge in [-0.3, -0.25) is 4.90 Å². The van der Waals surface area contributed by atoms with Gasteiger partial charge in [0.05, 0.1) is 11.5 Å². The number of hydrogen-bond acceptors (Lipinski definition) is 4. The molecule has 0 aromatic carbocycles. The Morgan fingerprint density at radius 3 is 2.53 bits per heavy atom. The van der Waals surface area contributed by atoms with Crippen molar-refractivity contribution < 1.29 is 8.42 Å². The van der Waals surface area contributed by atoms with E-state index in [9.17, 15) is 8.42 Å². The van der Waals surface area contributed by atoms with Crippen LogP contribution in [0.4, 0.5) is 0 Å². The van der Waals surface area contributed by atoms with Crippen molar-refractivity contribution in [3.8, 4) is 0 Å². The zero-order valence-electron chi connectivity index (χ0n) is 10.7.